The van der Waals surface area contributed by atoms with Crippen LogP contribution in [0.1, 0.15) is 60.3 Å². The molecule has 0 amide bonds. The fraction of sp³-hybridized carbons (Fsp3) is 0.127. The quantitative estimate of drug-likeness (QED) is 0.149. The molecule has 10 rings (SSSR count). The molecule has 1 radical (unpaired) electrons. The molecule has 63 heavy (non-hydrogen) atoms. The third-order valence-electron chi connectivity index (χ3n) is 11.0. The Bertz CT molecular complexity index is 3300. The van der Waals surface area contributed by atoms with Crippen molar-refractivity contribution in [2.24, 2.45) is 0 Å². The van der Waals surface area contributed by atoms with Crippen LogP contribution in [0.25, 0.3) is 83.6 Å². The molecule has 3 aromatic heterocycles. The van der Waals surface area contributed by atoms with Crippen LogP contribution in [-0.2, 0) is 20.1 Å². The average molecular weight is 1010 g/mol. The number of hydrogen-bond donors (Lipinski definition) is 0. The maximum absolute atomic E-state index is 14.1. The topological polar surface area (TPSA) is 43.9 Å². The van der Waals surface area contributed by atoms with Crippen LogP contribution in [0.5, 0.6) is 0 Å². The van der Waals surface area contributed by atoms with Crippen molar-refractivity contribution in [3.63, 3.8) is 0 Å². The summed E-state index contributed by atoms with van der Waals surface area (Å²) < 4.78 is 71.4. The van der Waals surface area contributed by atoms with E-state index in [1.165, 1.54) is 58.8 Å². The minimum Gasteiger partial charge on any atom is -0.501 e. The van der Waals surface area contributed by atoms with Crippen molar-refractivity contribution in [1.29, 1.82) is 0 Å². The maximum Gasteiger partial charge on any atom is 0.126 e. The smallest absolute Gasteiger partial charge is 0.126 e. The standard InChI is InChI=1S/C43H33F2N2O.C12H9FN.Ir/c1-25(2)36-21-30(27-11-6-5-7-12-27)22-37(26(3)4)41(36)47-39-16-9-8-15-38(39)46-43(47)35-14-10-13-34-33-18-17-28(23-40(33)48-42(34)35)29-19-31(44)24-32(45)20-29;1-9-2-7-12(14-8-9)10-3-5-11(13)6-4-10;/h5-13,15-26H,1-4H3;2-3,5-8H,1H3;/q2*-1;/i;1D3;. The number of rotatable bonds is 7. The van der Waals surface area contributed by atoms with Crippen LogP contribution in [0.3, 0.4) is 0 Å². The van der Waals surface area contributed by atoms with Gasteiger partial charge in [-0.2, -0.15) is 0 Å². The number of fused-ring (bicyclic) bond motifs is 4. The number of benzene rings is 7. The summed E-state index contributed by atoms with van der Waals surface area (Å²) in [6.45, 7) is 6.81. The molecule has 0 fully saturated rings. The monoisotopic (exact) mass is 1010 g/mol. The van der Waals surface area contributed by atoms with Gasteiger partial charge in [0.25, 0.3) is 0 Å². The van der Waals surface area contributed by atoms with Gasteiger partial charge in [-0.3, -0.25) is 9.37 Å². The molecule has 0 spiro atoms. The normalized spacial score (nSPS) is 12.2. The molecule has 0 atom stereocenters. The van der Waals surface area contributed by atoms with Gasteiger partial charge in [0.05, 0.1) is 22.4 Å². The maximum atomic E-state index is 14.1. The van der Waals surface area contributed by atoms with Gasteiger partial charge in [-0.05, 0) is 106 Å². The zero-order valence-corrected chi connectivity index (χ0v) is 37.2. The first kappa shape index (κ1) is 39.3. The van der Waals surface area contributed by atoms with E-state index in [4.69, 9.17) is 13.5 Å². The molecule has 4 nitrogen and oxygen atoms in total. The van der Waals surface area contributed by atoms with Crippen molar-refractivity contribution in [3.8, 4) is 50.6 Å². The van der Waals surface area contributed by atoms with Gasteiger partial charge in [0.15, 0.2) is 0 Å². The van der Waals surface area contributed by atoms with E-state index < -0.39 is 18.5 Å². The summed E-state index contributed by atoms with van der Waals surface area (Å²) in [5.41, 5.74) is 12.4. The Labute approximate surface area is 382 Å². The van der Waals surface area contributed by atoms with Crippen molar-refractivity contribution in [3.05, 3.63) is 198 Å². The summed E-state index contributed by atoms with van der Waals surface area (Å²) in [7, 11) is 0. The number of aromatic nitrogens is 3. The molecule has 0 unspecified atom stereocenters. The Morgan fingerprint density at radius 2 is 1.37 bits per heavy atom. The van der Waals surface area contributed by atoms with Crippen LogP contribution in [0.4, 0.5) is 13.2 Å². The number of pyridine rings is 1. The summed E-state index contributed by atoms with van der Waals surface area (Å²) in [4.78, 5) is 9.27. The summed E-state index contributed by atoms with van der Waals surface area (Å²) in [5, 5.41) is 1.82. The predicted molar refractivity (Wildman–Crippen MR) is 245 cm³/mol. The predicted octanol–water partition coefficient (Wildman–Crippen LogP) is 15.2. The van der Waals surface area contributed by atoms with E-state index in [0.717, 1.165) is 44.9 Å². The number of para-hydroxylation sites is 2. The molecule has 0 saturated heterocycles. The van der Waals surface area contributed by atoms with E-state index in [1.54, 1.807) is 12.1 Å². The van der Waals surface area contributed by atoms with Gasteiger partial charge in [-0.1, -0.05) is 105 Å². The minimum atomic E-state index is -2.15. The average Bonchev–Trinajstić information content (AvgIpc) is 3.87. The zero-order chi connectivity index (χ0) is 45.6. The van der Waals surface area contributed by atoms with Crippen molar-refractivity contribution in [2.45, 2.75) is 46.4 Å². The number of hydrogen-bond acceptors (Lipinski definition) is 3. The van der Waals surface area contributed by atoms with Gasteiger partial charge in [-0.15, -0.1) is 48.0 Å². The Morgan fingerprint density at radius 3 is 2.03 bits per heavy atom. The Morgan fingerprint density at radius 1 is 0.651 bits per heavy atom. The molecule has 0 saturated carbocycles. The van der Waals surface area contributed by atoms with Gasteiger partial charge >= 0.3 is 0 Å². The largest absolute Gasteiger partial charge is 0.501 e. The van der Waals surface area contributed by atoms with E-state index in [9.17, 15) is 13.2 Å². The minimum absolute atomic E-state index is 0. The van der Waals surface area contributed by atoms with Crippen LogP contribution in [0.15, 0.2) is 156 Å². The van der Waals surface area contributed by atoms with Crippen molar-refractivity contribution >= 4 is 33.0 Å². The van der Waals surface area contributed by atoms with Gasteiger partial charge in [-0.25, -0.2) is 8.78 Å². The molecular weight excluding hydrogens is 968 g/mol. The molecule has 3 heterocycles. The number of nitrogens with zero attached hydrogens (tertiary/aromatic N) is 3. The number of halogens is 3. The second-order valence-corrected chi connectivity index (χ2v) is 15.9. The molecule has 0 aliphatic heterocycles. The summed E-state index contributed by atoms with van der Waals surface area (Å²) >= 11 is 0. The molecule has 0 aliphatic carbocycles. The second kappa shape index (κ2) is 18.0. The van der Waals surface area contributed by atoms with Crippen LogP contribution in [-0.4, -0.2) is 14.5 Å². The van der Waals surface area contributed by atoms with Crippen LogP contribution in [0, 0.1) is 36.4 Å². The third kappa shape index (κ3) is 8.62. The Kier molecular flexibility index (Phi) is 11.2. The van der Waals surface area contributed by atoms with Crippen LogP contribution in [0.2, 0.25) is 0 Å². The summed E-state index contributed by atoms with van der Waals surface area (Å²) in [5.74, 6) is -0.412. The van der Waals surface area contributed by atoms with Gasteiger partial charge < -0.3 is 14.0 Å². The van der Waals surface area contributed by atoms with E-state index in [2.05, 4.69) is 97.9 Å². The molecule has 315 valence electrons. The first-order valence-corrected chi connectivity index (χ1v) is 20.4. The Hall–Kier alpha value is -6.60. The SMILES string of the molecule is CC(C)c1cc(-c2ccccc2)cc(C(C)C)c1-n1c(-c2[c-]ccc3c2oc2cc(-c4cc(F)cc(F)c4)ccc23)nc2ccccc21.[2H]C([2H])([2H])c1ccc(-c2[c-]cc(F)cc2)nc1.[Ir]. The first-order chi connectivity index (χ1) is 31.2. The fourth-order valence-electron chi connectivity index (χ4n) is 7.96. The van der Waals surface area contributed by atoms with Gasteiger partial charge in [0, 0.05) is 53.4 Å². The van der Waals surface area contributed by atoms with Gasteiger partial charge in [0.2, 0.25) is 0 Å². The van der Waals surface area contributed by atoms with Crippen LogP contribution < -0.4 is 0 Å². The second-order valence-electron chi connectivity index (χ2n) is 15.9. The third-order valence-corrected chi connectivity index (χ3v) is 11.0. The molecule has 0 bridgehead atoms. The summed E-state index contributed by atoms with van der Waals surface area (Å²) in [6.07, 6.45) is 1.31. The summed E-state index contributed by atoms with van der Waals surface area (Å²) in [6, 6.07) is 49.9. The molecule has 0 aliphatic rings. The van der Waals surface area contributed by atoms with E-state index in [-0.39, 0.29) is 43.3 Å². The van der Waals surface area contributed by atoms with Gasteiger partial charge in [0.1, 0.15) is 17.2 Å². The van der Waals surface area contributed by atoms with Crippen molar-refractivity contribution in [2.75, 3.05) is 0 Å². The number of furan rings is 1. The zero-order valence-electron chi connectivity index (χ0n) is 37.8. The Balaban J connectivity index is 0.000000278. The first-order valence-electron chi connectivity index (χ1n) is 21.9. The van der Waals surface area contributed by atoms with E-state index >= 15 is 0 Å². The van der Waals surface area contributed by atoms with Crippen molar-refractivity contribution in [1.82, 2.24) is 14.5 Å². The number of aryl methyl sites for hydroxylation is 1. The molecule has 8 heteroatoms. The number of imidazole rings is 1. The molecule has 10 aromatic rings. The van der Waals surface area contributed by atoms with Crippen molar-refractivity contribution < 1.29 is 41.8 Å². The molecular formula is C55H42F3IrN3O-2. The van der Waals surface area contributed by atoms with E-state index in [0.29, 0.717) is 33.6 Å². The van der Waals surface area contributed by atoms with Crippen LogP contribution >= 0.6 is 0 Å². The fourth-order valence-corrected chi connectivity index (χ4v) is 7.96. The van der Waals surface area contributed by atoms with E-state index in [1.807, 2.05) is 48.5 Å². The molecule has 0 N–H and O–H groups in total. The molecule has 7 aromatic carbocycles.